The molecule has 1 aliphatic rings. The van der Waals surface area contributed by atoms with E-state index in [0.29, 0.717) is 24.6 Å². The molecule has 0 aliphatic carbocycles. The second kappa shape index (κ2) is 5.01. The third-order valence-corrected chi connectivity index (χ3v) is 3.71. The summed E-state index contributed by atoms with van der Waals surface area (Å²) in [7, 11) is 0. The number of amides is 2. The first-order valence-electron chi connectivity index (χ1n) is 5.20. The summed E-state index contributed by atoms with van der Waals surface area (Å²) >= 11 is 6.94. The Morgan fingerprint density at radius 3 is 3.00 bits per heavy atom. The smallest absolute Gasteiger partial charge is 0.237 e. The van der Waals surface area contributed by atoms with Crippen LogP contribution in [-0.2, 0) is 22.6 Å². The zero-order valence-corrected chi connectivity index (χ0v) is 10.9. The topological polar surface area (TPSA) is 62.3 Å². The average Bonchev–Trinajstić information content (AvgIpc) is 2.67. The normalized spacial score (nSPS) is 14.4. The van der Waals surface area contributed by atoms with Crippen LogP contribution in [0.25, 0.3) is 0 Å². The highest BCUT2D eigenvalue weighted by Crippen LogP contribution is 2.28. The quantitative estimate of drug-likeness (QED) is 0.825. The lowest BCUT2D eigenvalue weighted by Gasteiger charge is -2.25. The number of carbonyl (C=O) groups excluding carboxylic acids is 2. The highest BCUT2D eigenvalue weighted by Gasteiger charge is 2.23. The summed E-state index contributed by atoms with van der Waals surface area (Å²) in [5.41, 5.74) is 0.970. The molecule has 0 spiro atoms. The predicted molar refractivity (Wildman–Crippen MR) is 66.3 cm³/mol. The Bertz CT molecular complexity index is 460. The fourth-order valence-corrected chi connectivity index (χ4v) is 2.94. The molecule has 2 heterocycles. The lowest BCUT2D eigenvalue weighted by molar-refractivity contribution is -0.129. The molecule has 0 aromatic carbocycles. The number of anilines is 1. The third-order valence-electron chi connectivity index (χ3n) is 2.48. The van der Waals surface area contributed by atoms with Gasteiger partial charge >= 0.3 is 0 Å². The summed E-state index contributed by atoms with van der Waals surface area (Å²) in [5, 5.41) is 3.26. The van der Waals surface area contributed by atoms with Crippen LogP contribution >= 0.6 is 22.9 Å². The summed E-state index contributed by atoms with van der Waals surface area (Å²) in [6.45, 7) is 2.63. The molecule has 0 unspecified atom stereocenters. The number of hydrogen-bond donors (Lipinski definition) is 1. The van der Waals surface area contributed by atoms with Crippen LogP contribution in [0.1, 0.15) is 17.5 Å². The van der Waals surface area contributed by atoms with Crippen LogP contribution in [0.2, 0.25) is 0 Å². The van der Waals surface area contributed by atoms with Crippen molar-refractivity contribution in [1.82, 2.24) is 9.88 Å². The average molecular weight is 274 g/mol. The van der Waals surface area contributed by atoms with E-state index in [1.165, 1.54) is 18.3 Å². The summed E-state index contributed by atoms with van der Waals surface area (Å²) in [5.74, 6) is -0.191. The van der Waals surface area contributed by atoms with Crippen LogP contribution < -0.4 is 5.32 Å². The molecule has 2 rings (SSSR count). The Kier molecular flexibility index (Phi) is 3.63. The van der Waals surface area contributed by atoms with Crippen LogP contribution in [0.5, 0.6) is 0 Å². The van der Waals surface area contributed by atoms with E-state index in [1.54, 1.807) is 4.90 Å². The Balaban J connectivity index is 2.12. The van der Waals surface area contributed by atoms with Crippen molar-refractivity contribution in [2.45, 2.75) is 19.9 Å². The number of carbonyl (C=O) groups is 2. The summed E-state index contributed by atoms with van der Waals surface area (Å²) in [6, 6.07) is 0. The number of thiazole rings is 1. The second-order valence-corrected chi connectivity index (χ2v) is 5.12. The number of halogens is 1. The van der Waals surface area contributed by atoms with Crippen LogP contribution in [0.4, 0.5) is 5.13 Å². The van der Waals surface area contributed by atoms with Gasteiger partial charge in [-0.05, 0) is 0 Å². The summed E-state index contributed by atoms with van der Waals surface area (Å²) < 4.78 is 0. The van der Waals surface area contributed by atoms with Crippen LogP contribution in [0.3, 0.4) is 0 Å². The van der Waals surface area contributed by atoms with Gasteiger partial charge in [0.25, 0.3) is 0 Å². The van der Waals surface area contributed by atoms with Gasteiger partial charge in [-0.15, -0.1) is 11.6 Å². The van der Waals surface area contributed by atoms with Crippen molar-refractivity contribution in [3.63, 3.8) is 0 Å². The minimum atomic E-state index is -0.134. The molecule has 0 radical (unpaired) electrons. The van der Waals surface area contributed by atoms with Gasteiger partial charge in [-0.2, -0.15) is 0 Å². The van der Waals surface area contributed by atoms with Gasteiger partial charge in [-0.25, -0.2) is 4.98 Å². The number of fused-ring (bicyclic) bond motifs is 1. The first-order chi connectivity index (χ1) is 8.10. The molecular weight excluding hydrogens is 262 g/mol. The third kappa shape index (κ3) is 2.76. The molecule has 0 fully saturated rings. The van der Waals surface area contributed by atoms with Crippen molar-refractivity contribution < 1.29 is 9.59 Å². The van der Waals surface area contributed by atoms with Gasteiger partial charge in [0, 0.05) is 24.8 Å². The summed E-state index contributed by atoms with van der Waals surface area (Å²) in [6.07, 6.45) is 0.716. The molecule has 1 aliphatic heterocycles. The SMILES string of the molecule is CC(=O)Nc1nc2c(s1)CN(C(=O)CCl)CC2. The summed E-state index contributed by atoms with van der Waals surface area (Å²) in [4.78, 5) is 29.5. The molecule has 1 aromatic rings. The number of aromatic nitrogens is 1. The lowest BCUT2D eigenvalue weighted by Crippen LogP contribution is -2.36. The Labute approximate surface area is 108 Å². The maximum Gasteiger partial charge on any atom is 0.237 e. The number of nitrogens with one attached hydrogen (secondary N) is 1. The predicted octanol–water partition coefficient (Wildman–Crippen LogP) is 1.22. The lowest BCUT2D eigenvalue weighted by atomic mass is 10.2. The molecule has 17 heavy (non-hydrogen) atoms. The highest BCUT2D eigenvalue weighted by atomic mass is 35.5. The van der Waals surface area contributed by atoms with Gasteiger partial charge in [0.1, 0.15) is 5.88 Å². The zero-order chi connectivity index (χ0) is 12.4. The molecule has 1 aromatic heterocycles. The Morgan fingerprint density at radius 2 is 2.35 bits per heavy atom. The maximum absolute atomic E-state index is 11.5. The van der Waals surface area contributed by atoms with E-state index in [0.717, 1.165) is 10.6 Å². The Hall–Kier alpha value is -1.14. The van der Waals surface area contributed by atoms with Crippen molar-refractivity contribution in [2.24, 2.45) is 0 Å². The van der Waals surface area contributed by atoms with E-state index >= 15 is 0 Å². The number of rotatable bonds is 2. The highest BCUT2D eigenvalue weighted by molar-refractivity contribution is 7.15. The Morgan fingerprint density at radius 1 is 1.59 bits per heavy atom. The fourth-order valence-electron chi connectivity index (χ4n) is 1.70. The first-order valence-corrected chi connectivity index (χ1v) is 6.55. The standard InChI is InChI=1S/C10H12ClN3O2S/c1-6(15)12-10-13-7-2-3-14(9(16)4-11)5-8(7)17-10/h2-5H2,1H3,(H,12,13,15). The van der Waals surface area contributed by atoms with Crippen molar-refractivity contribution >= 4 is 39.9 Å². The van der Waals surface area contributed by atoms with Gasteiger partial charge in [0.15, 0.2) is 5.13 Å². The van der Waals surface area contributed by atoms with Crippen molar-refractivity contribution in [2.75, 3.05) is 17.7 Å². The molecule has 7 heteroatoms. The molecule has 0 saturated carbocycles. The van der Waals surface area contributed by atoms with E-state index in [1.807, 2.05) is 0 Å². The molecule has 0 atom stereocenters. The zero-order valence-electron chi connectivity index (χ0n) is 9.33. The van der Waals surface area contributed by atoms with E-state index in [4.69, 9.17) is 11.6 Å². The van der Waals surface area contributed by atoms with Crippen molar-refractivity contribution in [1.29, 1.82) is 0 Å². The number of nitrogens with zero attached hydrogens (tertiary/aromatic N) is 2. The molecule has 92 valence electrons. The number of alkyl halides is 1. The van der Waals surface area contributed by atoms with Gasteiger partial charge < -0.3 is 10.2 Å². The fraction of sp³-hybridized carbons (Fsp3) is 0.500. The van der Waals surface area contributed by atoms with Gasteiger partial charge in [-0.3, -0.25) is 9.59 Å². The van der Waals surface area contributed by atoms with Crippen molar-refractivity contribution in [3.05, 3.63) is 10.6 Å². The molecular formula is C10H12ClN3O2S. The van der Waals surface area contributed by atoms with Crippen molar-refractivity contribution in [3.8, 4) is 0 Å². The second-order valence-electron chi connectivity index (χ2n) is 3.77. The molecule has 1 N–H and O–H groups in total. The van der Waals surface area contributed by atoms with E-state index in [9.17, 15) is 9.59 Å². The van der Waals surface area contributed by atoms with E-state index < -0.39 is 0 Å². The molecule has 0 bridgehead atoms. The largest absolute Gasteiger partial charge is 0.336 e. The molecule has 0 saturated heterocycles. The minimum absolute atomic E-state index is 0.00664. The molecule has 2 amide bonds. The minimum Gasteiger partial charge on any atom is -0.336 e. The maximum atomic E-state index is 11.5. The van der Waals surface area contributed by atoms with Crippen LogP contribution in [-0.4, -0.2) is 34.1 Å². The number of hydrogen-bond acceptors (Lipinski definition) is 4. The van der Waals surface area contributed by atoms with Gasteiger partial charge in [0.2, 0.25) is 11.8 Å². The van der Waals surface area contributed by atoms with Gasteiger partial charge in [-0.1, -0.05) is 11.3 Å². The van der Waals surface area contributed by atoms with Gasteiger partial charge in [0.05, 0.1) is 12.2 Å². The monoisotopic (exact) mass is 273 g/mol. The van der Waals surface area contributed by atoms with Crippen LogP contribution in [0, 0.1) is 0 Å². The van der Waals surface area contributed by atoms with E-state index in [-0.39, 0.29) is 17.7 Å². The van der Waals surface area contributed by atoms with E-state index in [2.05, 4.69) is 10.3 Å². The van der Waals surface area contributed by atoms with Crippen LogP contribution in [0.15, 0.2) is 0 Å². The first kappa shape index (κ1) is 12.3. The molecule has 5 nitrogen and oxygen atoms in total.